The molecule has 9 nitrogen and oxygen atoms in total. The largest absolute Gasteiger partial charge is 0.269 e. The summed E-state index contributed by atoms with van der Waals surface area (Å²) in [4.78, 5) is 28.2. The fourth-order valence-corrected chi connectivity index (χ4v) is 2.16. The Morgan fingerprint density at radius 3 is 2.38 bits per heavy atom. The molecule has 0 spiro atoms. The Labute approximate surface area is 118 Å². The van der Waals surface area contributed by atoms with Crippen molar-refractivity contribution in [2.24, 2.45) is 5.11 Å². The molecule has 1 aromatic heterocycles. The number of rotatable bonds is 4. The van der Waals surface area contributed by atoms with Gasteiger partial charge in [-0.2, -0.15) is 15.4 Å². The Hall–Kier alpha value is -3.19. The Kier molecular flexibility index (Phi) is 3.09. The van der Waals surface area contributed by atoms with Crippen LogP contribution >= 0.6 is 0 Å². The molecule has 1 aliphatic rings. The van der Waals surface area contributed by atoms with E-state index in [1.165, 1.54) is 0 Å². The summed E-state index contributed by atoms with van der Waals surface area (Å²) < 4.78 is 0. The van der Waals surface area contributed by atoms with Gasteiger partial charge in [-0.1, -0.05) is 17.2 Å². The maximum absolute atomic E-state index is 12.2. The molecule has 104 valence electrons. The molecule has 1 aliphatic heterocycles. The molecule has 0 saturated carbocycles. The summed E-state index contributed by atoms with van der Waals surface area (Å²) in [7, 11) is 0. The van der Waals surface area contributed by atoms with Gasteiger partial charge in [0, 0.05) is 4.91 Å². The van der Waals surface area contributed by atoms with Gasteiger partial charge in [0.1, 0.15) is 5.69 Å². The number of carbonyl (C=O) groups is 2. The van der Waals surface area contributed by atoms with Gasteiger partial charge in [0.05, 0.1) is 29.9 Å². The molecular formula is C12H9N7O2. The highest BCUT2D eigenvalue weighted by atomic mass is 16.2. The van der Waals surface area contributed by atoms with Crippen LogP contribution in [-0.2, 0) is 13.1 Å². The predicted octanol–water partition coefficient (Wildman–Crippen LogP) is 1.41. The lowest BCUT2D eigenvalue weighted by Crippen LogP contribution is -2.29. The summed E-state index contributed by atoms with van der Waals surface area (Å²) >= 11 is 0. The summed E-state index contributed by atoms with van der Waals surface area (Å²) in [6.45, 7) is -0.00929. The SMILES string of the molecule is [N-]=[N+]=NCc1n[nH]nc1CN1C(=O)c2ccccc2C1=O. The minimum absolute atomic E-state index is 0.00546. The average molecular weight is 283 g/mol. The van der Waals surface area contributed by atoms with Gasteiger partial charge in [0.2, 0.25) is 0 Å². The molecule has 3 rings (SSSR count). The lowest BCUT2D eigenvalue weighted by molar-refractivity contribution is 0.0640. The molecule has 0 saturated heterocycles. The molecule has 2 aromatic rings. The smallest absolute Gasteiger partial charge is 0.261 e. The van der Waals surface area contributed by atoms with Crippen LogP contribution in [0.5, 0.6) is 0 Å². The zero-order valence-corrected chi connectivity index (χ0v) is 10.7. The third kappa shape index (κ3) is 2.11. The van der Waals surface area contributed by atoms with Gasteiger partial charge in [0.25, 0.3) is 11.8 Å². The highest BCUT2D eigenvalue weighted by Crippen LogP contribution is 2.24. The number of fused-ring (bicyclic) bond motifs is 1. The lowest BCUT2D eigenvalue weighted by Gasteiger charge is -2.12. The second-order valence-corrected chi connectivity index (χ2v) is 4.35. The fraction of sp³-hybridized carbons (Fsp3) is 0.167. The van der Waals surface area contributed by atoms with Crippen LogP contribution in [-0.4, -0.2) is 32.1 Å². The van der Waals surface area contributed by atoms with E-state index in [4.69, 9.17) is 5.53 Å². The molecule has 0 fully saturated rings. The van der Waals surface area contributed by atoms with Gasteiger partial charge in [0.15, 0.2) is 0 Å². The van der Waals surface area contributed by atoms with E-state index < -0.39 is 0 Å². The van der Waals surface area contributed by atoms with Crippen LogP contribution in [0.4, 0.5) is 0 Å². The topological polar surface area (TPSA) is 128 Å². The lowest BCUT2D eigenvalue weighted by atomic mass is 10.1. The monoisotopic (exact) mass is 283 g/mol. The maximum atomic E-state index is 12.2. The van der Waals surface area contributed by atoms with Crippen LogP contribution in [0.15, 0.2) is 29.4 Å². The Morgan fingerprint density at radius 2 is 1.76 bits per heavy atom. The Bertz CT molecular complexity index is 740. The van der Waals surface area contributed by atoms with Crippen molar-refractivity contribution in [2.45, 2.75) is 13.1 Å². The van der Waals surface area contributed by atoms with E-state index in [0.717, 1.165) is 4.90 Å². The normalized spacial score (nSPS) is 13.2. The van der Waals surface area contributed by atoms with E-state index in [2.05, 4.69) is 25.4 Å². The van der Waals surface area contributed by atoms with Crippen LogP contribution in [0.3, 0.4) is 0 Å². The minimum Gasteiger partial charge on any atom is -0.269 e. The van der Waals surface area contributed by atoms with Crippen molar-refractivity contribution in [1.29, 1.82) is 0 Å². The molecule has 1 aromatic carbocycles. The van der Waals surface area contributed by atoms with Gasteiger partial charge in [-0.25, -0.2) is 0 Å². The Balaban J connectivity index is 1.87. The molecule has 0 aliphatic carbocycles. The first kappa shape index (κ1) is 12.8. The van der Waals surface area contributed by atoms with E-state index in [1.807, 2.05) is 0 Å². The number of benzene rings is 1. The van der Waals surface area contributed by atoms with Crippen LogP contribution < -0.4 is 0 Å². The van der Waals surface area contributed by atoms with Gasteiger partial charge < -0.3 is 0 Å². The first-order valence-corrected chi connectivity index (χ1v) is 6.07. The first-order valence-electron chi connectivity index (χ1n) is 6.07. The van der Waals surface area contributed by atoms with Crippen molar-refractivity contribution in [3.05, 3.63) is 57.2 Å². The summed E-state index contributed by atoms with van der Waals surface area (Å²) in [6, 6.07) is 6.63. The number of carbonyl (C=O) groups excluding carboxylic acids is 2. The molecule has 2 heterocycles. The number of amides is 2. The van der Waals surface area contributed by atoms with Crippen molar-refractivity contribution in [2.75, 3.05) is 0 Å². The predicted molar refractivity (Wildman–Crippen MR) is 69.9 cm³/mol. The fourth-order valence-electron chi connectivity index (χ4n) is 2.16. The average Bonchev–Trinajstić information content (AvgIpc) is 3.04. The number of aromatic amines is 1. The molecular weight excluding hydrogens is 274 g/mol. The van der Waals surface area contributed by atoms with Gasteiger partial charge in [-0.3, -0.25) is 14.5 Å². The minimum atomic E-state index is -0.367. The zero-order chi connectivity index (χ0) is 14.8. The number of aromatic nitrogens is 3. The van der Waals surface area contributed by atoms with Gasteiger partial charge in [-0.15, -0.1) is 0 Å². The second kappa shape index (κ2) is 5.06. The second-order valence-electron chi connectivity index (χ2n) is 4.35. The number of H-pyrrole nitrogens is 1. The summed E-state index contributed by atoms with van der Waals surface area (Å²) in [5.41, 5.74) is 9.89. The molecule has 1 N–H and O–H groups in total. The number of nitrogens with zero attached hydrogens (tertiary/aromatic N) is 6. The van der Waals surface area contributed by atoms with Crippen molar-refractivity contribution in [3.63, 3.8) is 0 Å². The van der Waals surface area contributed by atoms with E-state index in [1.54, 1.807) is 24.3 Å². The quantitative estimate of drug-likeness (QED) is 0.393. The highest BCUT2D eigenvalue weighted by Gasteiger charge is 2.35. The number of imide groups is 1. The molecule has 2 amide bonds. The van der Waals surface area contributed by atoms with E-state index in [-0.39, 0.29) is 24.9 Å². The van der Waals surface area contributed by atoms with Crippen LogP contribution in [0.25, 0.3) is 10.4 Å². The van der Waals surface area contributed by atoms with Crippen molar-refractivity contribution in [1.82, 2.24) is 20.3 Å². The van der Waals surface area contributed by atoms with E-state index >= 15 is 0 Å². The number of hydrogen-bond donors (Lipinski definition) is 1. The van der Waals surface area contributed by atoms with Crippen molar-refractivity contribution >= 4 is 11.8 Å². The summed E-state index contributed by atoms with van der Waals surface area (Å²) in [5.74, 6) is -0.735. The number of nitrogens with one attached hydrogen (secondary N) is 1. The van der Waals surface area contributed by atoms with Crippen LogP contribution in [0, 0.1) is 0 Å². The Morgan fingerprint density at radius 1 is 1.14 bits per heavy atom. The molecule has 0 atom stereocenters. The highest BCUT2D eigenvalue weighted by molar-refractivity contribution is 6.21. The van der Waals surface area contributed by atoms with Crippen LogP contribution in [0.1, 0.15) is 32.1 Å². The standard InChI is InChI=1S/C12H9N7O2/c13-17-14-5-9-10(16-18-15-9)6-19-11(20)7-3-1-2-4-8(7)12(19)21/h1-4H,5-6H2,(H,15,16,18). The van der Waals surface area contributed by atoms with Gasteiger partial charge in [-0.05, 0) is 17.7 Å². The number of azide groups is 1. The van der Waals surface area contributed by atoms with E-state index in [0.29, 0.717) is 22.5 Å². The molecule has 0 bridgehead atoms. The molecule has 21 heavy (non-hydrogen) atoms. The first-order chi connectivity index (χ1) is 10.2. The third-order valence-corrected chi connectivity index (χ3v) is 3.17. The number of hydrogen-bond acceptors (Lipinski definition) is 5. The molecule has 0 radical (unpaired) electrons. The summed E-state index contributed by atoms with van der Waals surface area (Å²) in [5, 5.41) is 13.5. The molecule has 9 heteroatoms. The van der Waals surface area contributed by atoms with Crippen molar-refractivity contribution < 1.29 is 9.59 Å². The maximum Gasteiger partial charge on any atom is 0.261 e. The van der Waals surface area contributed by atoms with Crippen LogP contribution in [0.2, 0.25) is 0 Å². The zero-order valence-electron chi connectivity index (χ0n) is 10.7. The van der Waals surface area contributed by atoms with E-state index in [9.17, 15) is 9.59 Å². The molecule has 0 unspecified atom stereocenters. The summed E-state index contributed by atoms with van der Waals surface area (Å²) in [6.07, 6.45) is 0. The third-order valence-electron chi connectivity index (χ3n) is 3.17. The van der Waals surface area contributed by atoms with Crippen molar-refractivity contribution in [3.8, 4) is 0 Å². The van der Waals surface area contributed by atoms with Gasteiger partial charge >= 0.3 is 0 Å².